The number of sulfonamides is 1. The lowest BCUT2D eigenvalue weighted by Crippen LogP contribution is -2.25. The van der Waals surface area contributed by atoms with E-state index in [2.05, 4.69) is 45.1 Å². The molecule has 188 valence electrons. The molecule has 3 aromatic rings. The van der Waals surface area contributed by atoms with Crippen molar-refractivity contribution in [1.29, 1.82) is 5.26 Å². The zero-order valence-electron chi connectivity index (χ0n) is 19.9. The first-order valence-electron chi connectivity index (χ1n) is 11.1. The quantitative estimate of drug-likeness (QED) is 0.343. The molecule has 3 rings (SSSR count). The van der Waals surface area contributed by atoms with Crippen molar-refractivity contribution < 1.29 is 13.2 Å². The van der Waals surface area contributed by atoms with Crippen LogP contribution in [-0.2, 0) is 21.2 Å². The molecule has 36 heavy (non-hydrogen) atoms. The standard InChI is InChI=1S/C24H25ClN6O3S2/c1-4-20(35-24-16(14-26)5-6-18(28-24)13-15(2)3)23(32)27-17-7-9-19(10-8-17)36(33,34)31-22-12-11-21(25)29-30-22/h5-12,15,20H,4,13H2,1-3H3,(H,27,32)(H,30,31). The molecule has 0 fully saturated rings. The largest absolute Gasteiger partial charge is 0.325 e. The molecule has 0 bridgehead atoms. The number of thioether (sulfide) groups is 1. The maximum Gasteiger partial charge on any atom is 0.263 e. The van der Waals surface area contributed by atoms with Crippen LogP contribution in [0, 0.1) is 17.2 Å². The number of hydrogen-bond acceptors (Lipinski definition) is 8. The van der Waals surface area contributed by atoms with Crippen LogP contribution < -0.4 is 10.0 Å². The Hall–Kier alpha value is -3.20. The molecule has 1 atom stereocenters. The van der Waals surface area contributed by atoms with Crippen molar-refractivity contribution in [3.05, 3.63) is 64.9 Å². The number of benzene rings is 1. The highest BCUT2D eigenvalue weighted by molar-refractivity contribution is 8.00. The fourth-order valence-electron chi connectivity index (χ4n) is 3.15. The van der Waals surface area contributed by atoms with Gasteiger partial charge in [-0.2, -0.15) is 5.26 Å². The zero-order chi connectivity index (χ0) is 26.3. The summed E-state index contributed by atoms with van der Waals surface area (Å²) in [6.07, 6.45) is 1.28. The van der Waals surface area contributed by atoms with E-state index in [1.165, 1.54) is 48.2 Å². The van der Waals surface area contributed by atoms with Gasteiger partial charge in [0.1, 0.15) is 11.1 Å². The second-order valence-electron chi connectivity index (χ2n) is 8.24. The molecule has 9 nitrogen and oxygen atoms in total. The minimum Gasteiger partial charge on any atom is -0.325 e. The Morgan fingerprint density at radius 2 is 1.83 bits per heavy atom. The lowest BCUT2D eigenvalue weighted by atomic mass is 10.1. The number of pyridine rings is 1. The highest BCUT2D eigenvalue weighted by Crippen LogP contribution is 2.29. The molecular weight excluding hydrogens is 520 g/mol. The van der Waals surface area contributed by atoms with Crippen molar-refractivity contribution in [3.63, 3.8) is 0 Å². The van der Waals surface area contributed by atoms with Crippen molar-refractivity contribution >= 4 is 50.8 Å². The van der Waals surface area contributed by atoms with Gasteiger partial charge in [-0.1, -0.05) is 44.1 Å². The number of rotatable bonds is 10. The van der Waals surface area contributed by atoms with E-state index in [0.717, 1.165) is 12.1 Å². The van der Waals surface area contributed by atoms with Gasteiger partial charge in [0.15, 0.2) is 11.0 Å². The van der Waals surface area contributed by atoms with E-state index in [9.17, 15) is 18.5 Å². The average molecular weight is 545 g/mol. The second-order valence-corrected chi connectivity index (χ2v) is 11.5. The van der Waals surface area contributed by atoms with Gasteiger partial charge in [-0.25, -0.2) is 13.4 Å². The van der Waals surface area contributed by atoms with Crippen molar-refractivity contribution in [1.82, 2.24) is 15.2 Å². The molecular formula is C24H25ClN6O3S2. The normalized spacial score (nSPS) is 12.1. The van der Waals surface area contributed by atoms with Crippen LogP contribution in [-0.4, -0.2) is 34.8 Å². The molecule has 1 aromatic carbocycles. The van der Waals surface area contributed by atoms with E-state index in [1.54, 1.807) is 6.07 Å². The second kappa shape index (κ2) is 12.2. The van der Waals surface area contributed by atoms with E-state index >= 15 is 0 Å². The molecule has 0 spiro atoms. The Bertz CT molecular complexity index is 1360. The molecule has 0 radical (unpaired) electrons. The molecule has 0 saturated heterocycles. The number of nitrogens with one attached hydrogen (secondary N) is 2. The average Bonchev–Trinajstić information content (AvgIpc) is 2.84. The van der Waals surface area contributed by atoms with Crippen LogP contribution in [0.4, 0.5) is 11.5 Å². The Labute approximate surface area is 219 Å². The van der Waals surface area contributed by atoms with Gasteiger partial charge in [0.25, 0.3) is 10.0 Å². The van der Waals surface area contributed by atoms with Crippen LogP contribution >= 0.6 is 23.4 Å². The SMILES string of the molecule is CCC(Sc1nc(CC(C)C)ccc1C#N)C(=O)Nc1ccc(S(=O)(=O)Nc2ccc(Cl)nn2)cc1. The summed E-state index contributed by atoms with van der Waals surface area (Å²) >= 11 is 6.92. The monoisotopic (exact) mass is 544 g/mol. The number of halogens is 1. The molecule has 2 aromatic heterocycles. The molecule has 2 heterocycles. The van der Waals surface area contributed by atoms with Crippen LogP contribution in [0.2, 0.25) is 5.15 Å². The Morgan fingerprint density at radius 1 is 1.11 bits per heavy atom. The number of aromatic nitrogens is 3. The zero-order valence-corrected chi connectivity index (χ0v) is 22.3. The first-order valence-corrected chi connectivity index (χ1v) is 13.8. The van der Waals surface area contributed by atoms with Crippen LogP contribution in [0.25, 0.3) is 0 Å². The molecule has 0 aliphatic rings. The predicted molar refractivity (Wildman–Crippen MR) is 140 cm³/mol. The van der Waals surface area contributed by atoms with Crippen molar-refractivity contribution in [3.8, 4) is 6.07 Å². The maximum absolute atomic E-state index is 13.0. The first kappa shape index (κ1) is 27.4. The van der Waals surface area contributed by atoms with Gasteiger partial charge < -0.3 is 5.32 Å². The maximum atomic E-state index is 13.0. The third kappa shape index (κ3) is 7.40. The Kier molecular flexibility index (Phi) is 9.25. The summed E-state index contributed by atoms with van der Waals surface area (Å²) in [6, 6.07) is 14.3. The lowest BCUT2D eigenvalue weighted by molar-refractivity contribution is -0.115. The van der Waals surface area contributed by atoms with E-state index < -0.39 is 15.3 Å². The number of anilines is 2. The summed E-state index contributed by atoms with van der Waals surface area (Å²) in [5, 5.41) is 19.7. The molecule has 0 aliphatic carbocycles. The molecule has 12 heteroatoms. The van der Waals surface area contributed by atoms with Gasteiger partial charge in [0.2, 0.25) is 5.91 Å². The Balaban J connectivity index is 1.70. The van der Waals surface area contributed by atoms with Crippen LogP contribution in [0.5, 0.6) is 0 Å². The first-order chi connectivity index (χ1) is 17.1. The molecule has 1 amide bonds. The number of carbonyl (C=O) groups is 1. The van der Waals surface area contributed by atoms with Crippen LogP contribution in [0.15, 0.2) is 58.5 Å². The number of nitrogens with zero attached hydrogens (tertiary/aromatic N) is 4. The molecule has 0 aliphatic heterocycles. The van der Waals surface area contributed by atoms with Gasteiger partial charge in [0.05, 0.1) is 15.7 Å². The summed E-state index contributed by atoms with van der Waals surface area (Å²) in [4.78, 5) is 17.6. The fourth-order valence-corrected chi connectivity index (χ4v) is 5.26. The smallest absolute Gasteiger partial charge is 0.263 e. The van der Waals surface area contributed by atoms with Crippen LogP contribution in [0.3, 0.4) is 0 Å². The lowest BCUT2D eigenvalue weighted by Gasteiger charge is -2.16. The summed E-state index contributed by atoms with van der Waals surface area (Å²) < 4.78 is 27.5. The topological polar surface area (TPSA) is 138 Å². The summed E-state index contributed by atoms with van der Waals surface area (Å²) in [6.45, 7) is 6.06. The Morgan fingerprint density at radius 3 is 2.42 bits per heavy atom. The minimum atomic E-state index is -3.90. The summed E-state index contributed by atoms with van der Waals surface area (Å²) in [5.74, 6) is 0.171. The van der Waals surface area contributed by atoms with E-state index in [4.69, 9.17) is 11.6 Å². The molecule has 0 saturated carbocycles. The van der Waals surface area contributed by atoms with Crippen LogP contribution in [0.1, 0.15) is 38.4 Å². The van der Waals surface area contributed by atoms with Crippen molar-refractivity contribution in [2.24, 2.45) is 5.92 Å². The molecule has 2 N–H and O–H groups in total. The number of nitriles is 1. The summed E-state index contributed by atoms with van der Waals surface area (Å²) in [7, 11) is -3.90. The van der Waals surface area contributed by atoms with Gasteiger partial charge in [-0.3, -0.25) is 9.52 Å². The van der Waals surface area contributed by atoms with Gasteiger partial charge in [-0.05, 0) is 67.3 Å². The van der Waals surface area contributed by atoms with Gasteiger partial charge in [-0.15, -0.1) is 10.2 Å². The fraction of sp³-hybridized carbons (Fsp3) is 0.292. The van der Waals surface area contributed by atoms with E-state index in [1.807, 2.05) is 13.0 Å². The van der Waals surface area contributed by atoms with E-state index in [0.29, 0.717) is 28.6 Å². The summed E-state index contributed by atoms with van der Waals surface area (Å²) in [5.41, 5.74) is 1.73. The number of amides is 1. The minimum absolute atomic E-state index is 0.0107. The van der Waals surface area contributed by atoms with Crippen molar-refractivity contribution in [2.45, 2.75) is 48.8 Å². The molecule has 1 unspecified atom stereocenters. The predicted octanol–water partition coefficient (Wildman–Crippen LogP) is 4.91. The third-order valence-electron chi connectivity index (χ3n) is 4.88. The number of hydrogen-bond donors (Lipinski definition) is 2. The van der Waals surface area contributed by atoms with Crippen molar-refractivity contribution in [2.75, 3.05) is 10.0 Å². The third-order valence-corrected chi connectivity index (χ3v) is 7.81. The van der Waals surface area contributed by atoms with Gasteiger partial charge in [0, 0.05) is 11.4 Å². The van der Waals surface area contributed by atoms with E-state index in [-0.39, 0.29) is 21.8 Å². The highest BCUT2D eigenvalue weighted by Gasteiger charge is 2.22. The highest BCUT2D eigenvalue weighted by atomic mass is 35.5. The van der Waals surface area contributed by atoms with Gasteiger partial charge >= 0.3 is 0 Å². The number of carbonyl (C=O) groups excluding carboxylic acids is 1.